The molecular weight excluding hydrogens is 254 g/mol. The third kappa shape index (κ3) is 4.32. The van der Waals surface area contributed by atoms with Gasteiger partial charge in [0.05, 0.1) is 11.7 Å². The maximum atomic E-state index is 10.4. The van der Waals surface area contributed by atoms with Crippen molar-refractivity contribution in [1.82, 2.24) is 15.0 Å². The summed E-state index contributed by atoms with van der Waals surface area (Å²) in [6, 6.07) is 0.512. The molecule has 0 aromatic carbocycles. The Morgan fingerprint density at radius 3 is 2.75 bits per heavy atom. The number of carboxylic acid groups (broad SMARTS) is 1. The lowest BCUT2D eigenvalue weighted by Crippen LogP contribution is -2.18. The van der Waals surface area contributed by atoms with Gasteiger partial charge in [-0.25, -0.2) is 4.68 Å². The summed E-state index contributed by atoms with van der Waals surface area (Å²) >= 11 is 0. The van der Waals surface area contributed by atoms with Gasteiger partial charge in [-0.2, -0.15) is 0 Å². The molecule has 5 nitrogen and oxygen atoms in total. The predicted octanol–water partition coefficient (Wildman–Crippen LogP) is 3.22. The van der Waals surface area contributed by atoms with Crippen LogP contribution in [0.4, 0.5) is 0 Å². The summed E-state index contributed by atoms with van der Waals surface area (Å²) in [5, 5.41) is 17.1. The molecule has 1 aromatic heterocycles. The molecule has 0 saturated heterocycles. The molecule has 0 radical (unpaired) electrons. The van der Waals surface area contributed by atoms with Crippen molar-refractivity contribution in [2.24, 2.45) is 5.92 Å². The van der Waals surface area contributed by atoms with Gasteiger partial charge in [-0.05, 0) is 50.9 Å². The van der Waals surface area contributed by atoms with Crippen molar-refractivity contribution in [3.63, 3.8) is 0 Å². The first-order chi connectivity index (χ1) is 9.69. The van der Waals surface area contributed by atoms with E-state index in [4.69, 9.17) is 5.11 Å². The highest BCUT2D eigenvalue weighted by molar-refractivity contribution is 5.66. The molecule has 1 fully saturated rings. The summed E-state index contributed by atoms with van der Waals surface area (Å²) in [6.07, 6.45) is 11.0. The number of rotatable bonds is 7. The molecule has 0 aliphatic heterocycles. The molecule has 1 saturated carbocycles. The fourth-order valence-corrected chi connectivity index (χ4v) is 3.01. The summed E-state index contributed by atoms with van der Waals surface area (Å²) in [5.74, 6) is 0.173. The Bertz CT molecular complexity index is 423. The molecule has 0 bridgehead atoms. The highest BCUT2D eigenvalue weighted by Gasteiger charge is 2.22. The van der Waals surface area contributed by atoms with E-state index < -0.39 is 5.97 Å². The predicted molar refractivity (Wildman–Crippen MR) is 76.5 cm³/mol. The van der Waals surface area contributed by atoms with Crippen molar-refractivity contribution < 1.29 is 9.90 Å². The second-order valence-electron chi connectivity index (χ2n) is 5.87. The molecule has 0 amide bonds. The first-order valence-corrected chi connectivity index (χ1v) is 7.81. The number of carbonyl (C=O) groups is 1. The van der Waals surface area contributed by atoms with E-state index in [0.717, 1.165) is 24.5 Å². The second kappa shape index (κ2) is 7.41. The van der Waals surface area contributed by atoms with E-state index in [-0.39, 0.29) is 6.42 Å². The number of hydrogen-bond acceptors (Lipinski definition) is 3. The van der Waals surface area contributed by atoms with E-state index in [1.165, 1.54) is 32.1 Å². The molecule has 0 atom stereocenters. The fourth-order valence-electron chi connectivity index (χ4n) is 3.01. The number of carboxylic acids is 1. The minimum absolute atomic E-state index is 0.245. The number of aromatic nitrogens is 3. The van der Waals surface area contributed by atoms with Gasteiger partial charge in [0, 0.05) is 12.6 Å². The Hall–Kier alpha value is -1.39. The van der Waals surface area contributed by atoms with Crippen LogP contribution in [0.15, 0.2) is 6.20 Å². The molecule has 112 valence electrons. The van der Waals surface area contributed by atoms with Gasteiger partial charge in [0.1, 0.15) is 0 Å². The number of nitrogens with zero attached hydrogens (tertiary/aromatic N) is 3. The van der Waals surface area contributed by atoms with E-state index in [1.807, 2.05) is 4.68 Å². The summed E-state index contributed by atoms with van der Waals surface area (Å²) < 4.78 is 2.03. The van der Waals surface area contributed by atoms with Crippen LogP contribution < -0.4 is 0 Å². The van der Waals surface area contributed by atoms with Gasteiger partial charge >= 0.3 is 5.97 Å². The molecule has 0 spiro atoms. The third-order valence-electron chi connectivity index (χ3n) is 4.40. The largest absolute Gasteiger partial charge is 0.481 e. The molecule has 5 heteroatoms. The van der Waals surface area contributed by atoms with Gasteiger partial charge in [0.2, 0.25) is 0 Å². The maximum Gasteiger partial charge on any atom is 0.303 e. The van der Waals surface area contributed by atoms with Crippen LogP contribution in [-0.2, 0) is 11.2 Å². The van der Waals surface area contributed by atoms with Crippen molar-refractivity contribution in [3.05, 3.63) is 11.9 Å². The highest BCUT2D eigenvalue weighted by Crippen LogP contribution is 2.33. The minimum Gasteiger partial charge on any atom is -0.481 e. The summed E-state index contributed by atoms with van der Waals surface area (Å²) in [5.41, 5.74) is 0.994. The summed E-state index contributed by atoms with van der Waals surface area (Å²) in [6.45, 7) is 2.27. The Kier molecular flexibility index (Phi) is 5.56. The topological polar surface area (TPSA) is 68.0 Å². The Balaban J connectivity index is 1.76. The normalized spacial score (nSPS) is 22.9. The monoisotopic (exact) mass is 279 g/mol. The Morgan fingerprint density at radius 1 is 1.35 bits per heavy atom. The van der Waals surface area contributed by atoms with Crippen LogP contribution in [0.1, 0.15) is 70.0 Å². The SMILES string of the molecule is CCC1CCC(n2cc(CCCCC(=O)O)nn2)CC1. The van der Waals surface area contributed by atoms with Crippen LogP contribution in [0, 0.1) is 5.92 Å². The van der Waals surface area contributed by atoms with Crippen molar-refractivity contribution in [3.8, 4) is 0 Å². The zero-order valence-corrected chi connectivity index (χ0v) is 12.3. The second-order valence-corrected chi connectivity index (χ2v) is 5.87. The van der Waals surface area contributed by atoms with Crippen LogP contribution in [-0.4, -0.2) is 26.1 Å². The lowest BCUT2D eigenvalue weighted by Gasteiger charge is -2.27. The third-order valence-corrected chi connectivity index (χ3v) is 4.40. The van der Waals surface area contributed by atoms with Crippen LogP contribution >= 0.6 is 0 Å². The van der Waals surface area contributed by atoms with Crippen molar-refractivity contribution in [1.29, 1.82) is 0 Å². The number of aliphatic carboxylic acids is 1. The van der Waals surface area contributed by atoms with Gasteiger partial charge in [0.15, 0.2) is 0 Å². The van der Waals surface area contributed by atoms with Crippen LogP contribution in [0.3, 0.4) is 0 Å². The zero-order valence-electron chi connectivity index (χ0n) is 12.3. The standard InChI is InChI=1S/C15H25N3O2/c1-2-12-7-9-14(10-8-12)18-11-13(16-17-18)5-3-4-6-15(19)20/h11-12,14H,2-10H2,1H3,(H,19,20). The van der Waals surface area contributed by atoms with Crippen molar-refractivity contribution in [2.75, 3.05) is 0 Å². The van der Waals surface area contributed by atoms with Gasteiger partial charge in [-0.15, -0.1) is 5.10 Å². The van der Waals surface area contributed by atoms with E-state index in [2.05, 4.69) is 23.4 Å². The molecule has 0 unspecified atom stereocenters. The first-order valence-electron chi connectivity index (χ1n) is 7.81. The van der Waals surface area contributed by atoms with Gasteiger partial charge in [0.25, 0.3) is 0 Å². The van der Waals surface area contributed by atoms with Crippen molar-refractivity contribution in [2.45, 2.75) is 70.8 Å². The van der Waals surface area contributed by atoms with E-state index >= 15 is 0 Å². The average molecular weight is 279 g/mol. The van der Waals surface area contributed by atoms with E-state index in [9.17, 15) is 4.79 Å². The van der Waals surface area contributed by atoms with Gasteiger partial charge in [-0.3, -0.25) is 4.79 Å². The van der Waals surface area contributed by atoms with Crippen LogP contribution in [0.25, 0.3) is 0 Å². The van der Waals surface area contributed by atoms with Gasteiger partial charge in [-0.1, -0.05) is 18.6 Å². The lowest BCUT2D eigenvalue weighted by molar-refractivity contribution is -0.137. The van der Waals surface area contributed by atoms with Crippen LogP contribution in [0.2, 0.25) is 0 Å². The molecule has 1 heterocycles. The molecule has 1 aromatic rings. The molecule has 1 aliphatic carbocycles. The average Bonchev–Trinajstić information content (AvgIpc) is 2.92. The Morgan fingerprint density at radius 2 is 2.10 bits per heavy atom. The minimum atomic E-state index is -0.721. The fraction of sp³-hybridized carbons (Fsp3) is 0.800. The van der Waals surface area contributed by atoms with Gasteiger partial charge < -0.3 is 5.11 Å². The molecular formula is C15H25N3O2. The maximum absolute atomic E-state index is 10.4. The highest BCUT2D eigenvalue weighted by atomic mass is 16.4. The summed E-state index contributed by atoms with van der Waals surface area (Å²) in [7, 11) is 0. The van der Waals surface area contributed by atoms with E-state index in [1.54, 1.807) is 0 Å². The molecule has 1 N–H and O–H groups in total. The molecule has 1 aliphatic rings. The molecule has 20 heavy (non-hydrogen) atoms. The Labute approximate surface area is 120 Å². The summed E-state index contributed by atoms with van der Waals surface area (Å²) in [4.78, 5) is 10.4. The lowest BCUT2D eigenvalue weighted by atomic mass is 9.85. The first kappa shape index (κ1) is 15.0. The van der Waals surface area contributed by atoms with E-state index in [0.29, 0.717) is 12.5 Å². The van der Waals surface area contributed by atoms with Crippen molar-refractivity contribution >= 4 is 5.97 Å². The smallest absolute Gasteiger partial charge is 0.303 e. The number of aryl methyl sites for hydroxylation is 1. The number of hydrogen-bond donors (Lipinski definition) is 1. The molecule has 2 rings (SSSR count). The quantitative estimate of drug-likeness (QED) is 0.778. The zero-order chi connectivity index (χ0) is 14.4. The number of unbranched alkanes of at least 4 members (excludes halogenated alkanes) is 1. The van der Waals surface area contributed by atoms with Crippen LogP contribution in [0.5, 0.6) is 0 Å².